The highest BCUT2D eigenvalue weighted by atomic mass is 16.5. The lowest BCUT2D eigenvalue weighted by Crippen LogP contribution is -2.10. The van der Waals surface area contributed by atoms with E-state index in [2.05, 4.69) is 18.7 Å². The SMILES string of the molecule is C=Cc1ccc(N(C)C)cc1CC1=CC(C(C#N)=CC#N)C=CO1.N. The maximum atomic E-state index is 9.17. The van der Waals surface area contributed by atoms with Crippen molar-refractivity contribution in [2.75, 3.05) is 19.0 Å². The predicted octanol–water partition coefficient (Wildman–Crippen LogP) is 4.12. The van der Waals surface area contributed by atoms with Crippen molar-refractivity contribution in [3.05, 3.63) is 71.7 Å². The largest absolute Gasteiger partial charge is 0.470 e. The molecule has 0 aromatic heterocycles. The average molecular weight is 334 g/mol. The lowest BCUT2D eigenvalue weighted by Gasteiger charge is -2.19. The Bertz CT molecular complexity index is 804. The molecule has 3 N–H and O–H groups in total. The molecule has 25 heavy (non-hydrogen) atoms. The summed E-state index contributed by atoms with van der Waals surface area (Å²) < 4.78 is 5.60. The van der Waals surface area contributed by atoms with Crippen LogP contribution in [0.4, 0.5) is 5.69 Å². The molecule has 1 atom stereocenters. The molecule has 0 fully saturated rings. The Morgan fingerprint density at radius 1 is 1.36 bits per heavy atom. The summed E-state index contributed by atoms with van der Waals surface area (Å²) in [6, 6.07) is 10.2. The first-order valence-electron chi connectivity index (χ1n) is 7.55. The van der Waals surface area contributed by atoms with Crippen LogP contribution in [-0.4, -0.2) is 14.1 Å². The second kappa shape index (κ2) is 9.12. The molecular weight excluding hydrogens is 312 g/mol. The van der Waals surface area contributed by atoms with E-state index >= 15 is 0 Å². The fourth-order valence-electron chi connectivity index (χ4n) is 2.48. The van der Waals surface area contributed by atoms with Crippen molar-refractivity contribution in [1.82, 2.24) is 6.15 Å². The molecule has 0 amide bonds. The highest BCUT2D eigenvalue weighted by Crippen LogP contribution is 2.26. The lowest BCUT2D eigenvalue weighted by molar-refractivity contribution is 0.326. The number of nitrogens with zero attached hydrogens (tertiary/aromatic N) is 3. The summed E-state index contributed by atoms with van der Waals surface area (Å²) in [7, 11) is 3.99. The van der Waals surface area contributed by atoms with Gasteiger partial charge >= 0.3 is 0 Å². The van der Waals surface area contributed by atoms with Crippen LogP contribution >= 0.6 is 0 Å². The summed E-state index contributed by atoms with van der Waals surface area (Å²) in [5.41, 5.74) is 3.64. The summed E-state index contributed by atoms with van der Waals surface area (Å²) in [4.78, 5) is 2.04. The maximum Gasteiger partial charge on any atom is 0.105 e. The second-order valence-electron chi connectivity index (χ2n) is 5.60. The molecular formula is C20H22N4O. The monoisotopic (exact) mass is 334 g/mol. The van der Waals surface area contributed by atoms with E-state index < -0.39 is 0 Å². The number of allylic oxidation sites excluding steroid dienone is 5. The Hall–Kier alpha value is -3.28. The molecule has 1 aliphatic heterocycles. The molecule has 5 nitrogen and oxygen atoms in total. The smallest absolute Gasteiger partial charge is 0.105 e. The third-order valence-corrected chi connectivity index (χ3v) is 3.81. The van der Waals surface area contributed by atoms with Gasteiger partial charge in [-0.2, -0.15) is 10.5 Å². The van der Waals surface area contributed by atoms with Crippen molar-refractivity contribution < 1.29 is 4.74 Å². The van der Waals surface area contributed by atoms with Gasteiger partial charge in [0.05, 0.1) is 24.0 Å². The van der Waals surface area contributed by atoms with E-state index in [1.807, 2.05) is 49.3 Å². The van der Waals surface area contributed by atoms with E-state index in [4.69, 9.17) is 10.00 Å². The Kier molecular flexibility index (Phi) is 7.21. The van der Waals surface area contributed by atoms with Crippen LogP contribution in [0.3, 0.4) is 0 Å². The Morgan fingerprint density at radius 3 is 2.72 bits per heavy atom. The molecule has 1 aliphatic rings. The first-order chi connectivity index (χ1) is 11.6. The first kappa shape index (κ1) is 19.8. The summed E-state index contributed by atoms with van der Waals surface area (Å²) >= 11 is 0. The maximum absolute atomic E-state index is 9.17. The van der Waals surface area contributed by atoms with Crippen molar-refractivity contribution in [3.63, 3.8) is 0 Å². The summed E-state index contributed by atoms with van der Waals surface area (Å²) in [6.07, 6.45) is 8.90. The Morgan fingerprint density at radius 2 is 2.12 bits per heavy atom. The molecule has 0 aliphatic carbocycles. The minimum atomic E-state index is -0.234. The molecule has 0 spiro atoms. The van der Waals surface area contributed by atoms with Crippen LogP contribution in [0.1, 0.15) is 11.1 Å². The van der Waals surface area contributed by atoms with Crippen molar-refractivity contribution in [2.24, 2.45) is 5.92 Å². The molecule has 0 radical (unpaired) electrons. The molecule has 0 saturated carbocycles. The van der Waals surface area contributed by atoms with E-state index in [-0.39, 0.29) is 12.1 Å². The number of anilines is 1. The lowest BCUT2D eigenvalue weighted by atomic mass is 9.95. The van der Waals surface area contributed by atoms with Gasteiger partial charge in [0.15, 0.2) is 0 Å². The number of ether oxygens (including phenoxy) is 1. The van der Waals surface area contributed by atoms with Crippen molar-refractivity contribution in [1.29, 1.82) is 10.5 Å². The minimum absolute atomic E-state index is 0. The van der Waals surface area contributed by atoms with Crippen molar-refractivity contribution in [2.45, 2.75) is 6.42 Å². The average Bonchev–Trinajstić information content (AvgIpc) is 2.59. The van der Waals surface area contributed by atoms with Crippen LogP contribution < -0.4 is 11.1 Å². The van der Waals surface area contributed by atoms with Gasteiger partial charge in [-0.3, -0.25) is 0 Å². The van der Waals surface area contributed by atoms with Gasteiger partial charge in [-0.05, 0) is 35.4 Å². The number of benzene rings is 1. The van der Waals surface area contributed by atoms with Gasteiger partial charge in [0.25, 0.3) is 0 Å². The molecule has 128 valence electrons. The molecule has 0 bridgehead atoms. The van der Waals surface area contributed by atoms with Crippen LogP contribution in [0.25, 0.3) is 6.08 Å². The van der Waals surface area contributed by atoms with Crippen LogP contribution in [0.5, 0.6) is 0 Å². The van der Waals surface area contributed by atoms with Gasteiger partial charge in [0.1, 0.15) is 5.76 Å². The van der Waals surface area contributed by atoms with E-state index in [0.29, 0.717) is 12.0 Å². The number of rotatable bonds is 5. The first-order valence-corrected chi connectivity index (χ1v) is 7.55. The third-order valence-electron chi connectivity index (χ3n) is 3.81. The minimum Gasteiger partial charge on any atom is -0.470 e. The van der Waals surface area contributed by atoms with Crippen molar-refractivity contribution in [3.8, 4) is 12.1 Å². The van der Waals surface area contributed by atoms with Gasteiger partial charge in [-0.25, -0.2) is 0 Å². The van der Waals surface area contributed by atoms with Gasteiger partial charge in [-0.1, -0.05) is 18.7 Å². The fourth-order valence-corrected chi connectivity index (χ4v) is 2.48. The van der Waals surface area contributed by atoms with Crippen LogP contribution in [-0.2, 0) is 11.2 Å². The predicted molar refractivity (Wildman–Crippen MR) is 101 cm³/mol. The fraction of sp³-hybridized carbons (Fsp3) is 0.200. The van der Waals surface area contributed by atoms with Gasteiger partial charge in [0, 0.05) is 38.2 Å². The number of nitriles is 2. The summed E-state index contributed by atoms with van der Waals surface area (Å²) in [5, 5.41) is 18.0. The topological polar surface area (TPSA) is 95.0 Å². The highest BCUT2D eigenvalue weighted by molar-refractivity contribution is 5.59. The van der Waals surface area contributed by atoms with Crippen LogP contribution in [0.2, 0.25) is 0 Å². The van der Waals surface area contributed by atoms with E-state index in [1.54, 1.807) is 12.3 Å². The number of hydrogen-bond donors (Lipinski definition) is 1. The third kappa shape index (κ3) is 4.84. The molecule has 1 aromatic rings. The zero-order valence-corrected chi connectivity index (χ0v) is 14.6. The van der Waals surface area contributed by atoms with Crippen LogP contribution in [0.15, 0.2) is 60.6 Å². The zero-order valence-electron chi connectivity index (χ0n) is 14.6. The molecule has 1 aromatic carbocycles. The van der Waals surface area contributed by atoms with E-state index in [0.717, 1.165) is 22.6 Å². The molecule has 2 rings (SSSR count). The van der Waals surface area contributed by atoms with Crippen molar-refractivity contribution >= 4 is 11.8 Å². The highest BCUT2D eigenvalue weighted by Gasteiger charge is 2.16. The zero-order chi connectivity index (χ0) is 17.5. The summed E-state index contributed by atoms with van der Waals surface area (Å²) in [6.45, 7) is 3.86. The van der Waals surface area contributed by atoms with Gasteiger partial charge < -0.3 is 15.8 Å². The quantitative estimate of drug-likeness (QED) is 0.817. The Balaban J connectivity index is 0.00000312. The van der Waals surface area contributed by atoms with Gasteiger partial charge in [-0.15, -0.1) is 0 Å². The second-order valence-corrected chi connectivity index (χ2v) is 5.60. The molecule has 1 unspecified atom stereocenters. The summed E-state index contributed by atoms with van der Waals surface area (Å²) in [5.74, 6) is 0.517. The van der Waals surface area contributed by atoms with Gasteiger partial charge in [0.2, 0.25) is 0 Å². The Labute approximate surface area is 149 Å². The molecule has 1 heterocycles. The van der Waals surface area contributed by atoms with E-state index in [1.165, 1.54) is 6.08 Å². The van der Waals surface area contributed by atoms with Crippen LogP contribution in [0, 0.1) is 28.6 Å². The molecule has 0 saturated heterocycles. The molecule has 5 heteroatoms. The standard InChI is InChI=1S/C20H19N3O.H3N/c1-4-15-5-6-19(23(2)3)11-18(15)13-20-12-16(8-10-24-20)17(14-22)7-9-21;/h4-8,10-12,16H,1,13H2,2-3H3;1H3. The number of hydrogen-bond acceptors (Lipinski definition) is 5. The normalized spacial score (nSPS) is 15.8. The van der Waals surface area contributed by atoms with E-state index in [9.17, 15) is 5.26 Å².